The summed E-state index contributed by atoms with van der Waals surface area (Å²) in [5.41, 5.74) is 0.508. The van der Waals surface area contributed by atoms with Gasteiger partial charge in [-0.3, -0.25) is 9.79 Å². The maximum atomic E-state index is 12.2. The van der Waals surface area contributed by atoms with Gasteiger partial charge in [0.2, 0.25) is 5.91 Å². The molecule has 1 saturated carbocycles. The van der Waals surface area contributed by atoms with Crippen LogP contribution in [0.1, 0.15) is 52.0 Å². The van der Waals surface area contributed by atoms with Crippen LogP contribution in [0.25, 0.3) is 0 Å². The van der Waals surface area contributed by atoms with E-state index in [9.17, 15) is 4.79 Å². The fraction of sp³-hybridized carbons (Fsp3) is 0.636. The number of ether oxygens (including phenoxy) is 2. The molecular weight excluding hydrogens is 368 g/mol. The van der Waals surface area contributed by atoms with Crippen molar-refractivity contribution in [2.45, 2.75) is 59.1 Å². The van der Waals surface area contributed by atoms with E-state index in [1.807, 2.05) is 39.0 Å². The number of benzene rings is 1. The van der Waals surface area contributed by atoms with E-state index >= 15 is 0 Å². The number of hydrogen-bond acceptors (Lipinski definition) is 4. The summed E-state index contributed by atoms with van der Waals surface area (Å²) in [6, 6.07) is 5.90. The Morgan fingerprint density at radius 2 is 1.93 bits per heavy atom. The normalized spacial score (nSPS) is 15.1. The van der Waals surface area contributed by atoms with Crippen molar-refractivity contribution in [3.05, 3.63) is 23.8 Å². The third-order valence-corrected chi connectivity index (χ3v) is 5.19. The summed E-state index contributed by atoms with van der Waals surface area (Å²) in [6.07, 6.45) is 4.92. The van der Waals surface area contributed by atoms with Gasteiger partial charge >= 0.3 is 0 Å². The Kier molecular flexibility index (Phi) is 8.61. The molecule has 0 aromatic heterocycles. The van der Waals surface area contributed by atoms with E-state index in [1.165, 1.54) is 12.8 Å². The van der Waals surface area contributed by atoms with Crippen LogP contribution < -0.4 is 25.4 Å². The molecule has 7 nitrogen and oxygen atoms in total. The van der Waals surface area contributed by atoms with Crippen LogP contribution in [0.15, 0.2) is 23.2 Å². The van der Waals surface area contributed by atoms with Crippen LogP contribution >= 0.6 is 0 Å². The molecule has 0 spiro atoms. The monoisotopic (exact) mass is 404 g/mol. The number of rotatable bonds is 9. The number of guanidine groups is 1. The Hall–Kier alpha value is -2.44. The SMILES string of the molecule is CCNC(=O)C(C)(C)CNC(=NC)NCc1ccc(OC)cc1OC1CCCC1. The van der Waals surface area contributed by atoms with E-state index in [1.54, 1.807) is 14.2 Å². The molecule has 1 aromatic rings. The summed E-state index contributed by atoms with van der Waals surface area (Å²) in [6.45, 7) is 7.41. The lowest BCUT2D eigenvalue weighted by Gasteiger charge is -2.25. The zero-order chi connectivity index (χ0) is 21.3. The number of carbonyl (C=O) groups is 1. The lowest BCUT2D eigenvalue weighted by molar-refractivity contribution is -0.128. The van der Waals surface area contributed by atoms with Crippen molar-refractivity contribution in [1.29, 1.82) is 0 Å². The van der Waals surface area contributed by atoms with Crippen LogP contribution in [0.2, 0.25) is 0 Å². The molecule has 1 aliphatic rings. The maximum Gasteiger partial charge on any atom is 0.227 e. The molecule has 0 bridgehead atoms. The highest BCUT2D eigenvalue weighted by Gasteiger charge is 2.27. The van der Waals surface area contributed by atoms with E-state index in [0.717, 1.165) is 29.9 Å². The molecule has 2 rings (SSSR count). The van der Waals surface area contributed by atoms with Crippen molar-refractivity contribution in [3.63, 3.8) is 0 Å². The molecule has 162 valence electrons. The fourth-order valence-electron chi connectivity index (χ4n) is 3.29. The van der Waals surface area contributed by atoms with Crippen LogP contribution in [0, 0.1) is 5.41 Å². The van der Waals surface area contributed by atoms with Gasteiger partial charge in [0, 0.05) is 38.3 Å². The second-order valence-electron chi connectivity index (χ2n) is 8.02. The van der Waals surface area contributed by atoms with Gasteiger partial charge in [0.15, 0.2) is 5.96 Å². The van der Waals surface area contributed by atoms with Crippen LogP contribution in [0.3, 0.4) is 0 Å². The van der Waals surface area contributed by atoms with Gasteiger partial charge in [-0.2, -0.15) is 0 Å². The molecule has 0 aliphatic heterocycles. The largest absolute Gasteiger partial charge is 0.497 e. The van der Waals surface area contributed by atoms with E-state index in [0.29, 0.717) is 25.6 Å². The lowest BCUT2D eigenvalue weighted by Crippen LogP contribution is -2.47. The summed E-state index contributed by atoms with van der Waals surface area (Å²) in [5.74, 6) is 2.30. The molecule has 0 heterocycles. The Morgan fingerprint density at radius 3 is 2.55 bits per heavy atom. The number of amides is 1. The van der Waals surface area contributed by atoms with Crippen LogP contribution in [-0.4, -0.2) is 45.2 Å². The van der Waals surface area contributed by atoms with Gasteiger partial charge in [0.25, 0.3) is 0 Å². The zero-order valence-electron chi connectivity index (χ0n) is 18.4. The molecule has 1 aromatic carbocycles. The van der Waals surface area contributed by atoms with Crippen LogP contribution in [0.4, 0.5) is 0 Å². The minimum atomic E-state index is -0.537. The minimum Gasteiger partial charge on any atom is -0.497 e. The van der Waals surface area contributed by atoms with Gasteiger partial charge in [-0.1, -0.05) is 0 Å². The fourth-order valence-corrected chi connectivity index (χ4v) is 3.29. The summed E-state index contributed by atoms with van der Waals surface area (Å²) in [7, 11) is 3.38. The van der Waals surface area contributed by atoms with E-state index in [4.69, 9.17) is 9.47 Å². The summed E-state index contributed by atoms with van der Waals surface area (Å²) < 4.78 is 11.6. The van der Waals surface area contributed by atoms with Crippen molar-refractivity contribution < 1.29 is 14.3 Å². The second kappa shape index (κ2) is 10.9. The Labute approximate surface area is 174 Å². The Balaban J connectivity index is 1.98. The van der Waals surface area contributed by atoms with Crippen LogP contribution in [0.5, 0.6) is 11.5 Å². The highest BCUT2D eigenvalue weighted by atomic mass is 16.5. The topological polar surface area (TPSA) is 84.0 Å². The molecule has 1 amide bonds. The van der Waals surface area contributed by atoms with Crippen molar-refractivity contribution in [2.24, 2.45) is 10.4 Å². The lowest BCUT2D eigenvalue weighted by atomic mass is 9.92. The first-order chi connectivity index (χ1) is 13.9. The number of nitrogens with zero attached hydrogens (tertiary/aromatic N) is 1. The average Bonchev–Trinajstić information content (AvgIpc) is 3.22. The van der Waals surface area contributed by atoms with Crippen LogP contribution in [-0.2, 0) is 11.3 Å². The number of nitrogens with one attached hydrogen (secondary N) is 3. The van der Waals surface area contributed by atoms with E-state index in [-0.39, 0.29) is 12.0 Å². The van der Waals surface area contributed by atoms with Gasteiger partial charge in [0.05, 0.1) is 18.6 Å². The zero-order valence-corrected chi connectivity index (χ0v) is 18.4. The summed E-state index contributed by atoms with van der Waals surface area (Å²) in [5, 5.41) is 9.44. The first-order valence-electron chi connectivity index (χ1n) is 10.5. The molecule has 3 N–H and O–H groups in total. The highest BCUT2D eigenvalue weighted by Crippen LogP contribution is 2.30. The molecule has 0 unspecified atom stereocenters. The predicted molar refractivity (Wildman–Crippen MR) is 117 cm³/mol. The molecule has 0 radical (unpaired) electrons. The Bertz CT molecular complexity index is 697. The smallest absolute Gasteiger partial charge is 0.227 e. The third kappa shape index (κ3) is 6.84. The maximum absolute atomic E-state index is 12.2. The predicted octanol–water partition coefficient (Wildman–Crippen LogP) is 2.84. The van der Waals surface area contributed by atoms with E-state index < -0.39 is 5.41 Å². The molecule has 29 heavy (non-hydrogen) atoms. The number of aliphatic imine (C=N–C) groups is 1. The summed E-state index contributed by atoms with van der Waals surface area (Å²) in [4.78, 5) is 16.5. The second-order valence-corrected chi connectivity index (χ2v) is 8.02. The molecule has 1 aliphatic carbocycles. The first kappa shape index (κ1) is 22.8. The van der Waals surface area contributed by atoms with Gasteiger partial charge in [0.1, 0.15) is 11.5 Å². The van der Waals surface area contributed by atoms with Gasteiger partial charge in [-0.25, -0.2) is 0 Å². The number of methoxy groups -OCH3 is 1. The van der Waals surface area contributed by atoms with Gasteiger partial charge in [-0.15, -0.1) is 0 Å². The van der Waals surface area contributed by atoms with Crippen molar-refractivity contribution in [1.82, 2.24) is 16.0 Å². The van der Waals surface area contributed by atoms with Crippen molar-refractivity contribution in [2.75, 3.05) is 27.2 Å². The van der Waals surface area contributed by atoms with Gasteiger partial charge in [-0.05, 0) is 58.6 Å². The van der Waals surface area contributed by atoms with Crippen molar-refractivity contribution >= 4 is 11.9 Å². The quantitative estimate of drug-likeness (QED) is 0.435. The standard InChI is InChI=1S/C22H36N4O3/c1-6-24-20(27)22(2,3)15-26-21(23-4)25-14-16-11-12-18(28-5)13-19(16)29-17-9-7-8-10-17/h11-13,17H,6-10,14-15H2,1-5H3,(H,24,27)(H2,23,25,26). The number of hydrogen-bond donors (Lipinski definition) is 3. The van der Waals surface area contributed by atoms with Gasteiger partial charge < -0.3 is 25.4 Å². The molecule has 0 atom stereocenters. The average molecular weight is 405 g/mol. The van der Waals surface area contributed by atoms with E-state index in [2.05, 4.69) is 20.9 Å². The minimum absolute atomic E-state index is 0.0188. The molecule has 1 fully saturated rings. The first-order valence-corrected chi connectivity index (χ1v) is 10.5. The number of carbonyl (C=O) groups excluding carboxylic acids is 1. The summed E-state index contributed by atoms with van der Waals surface area (Å²) >= 11 is 0. The Morgan fingerprint density at radius 1 is 1.21 bits per heavy atom. The molecule has 7 heteroatoms. The molecular formula is C22H36N4O3. The molecule has 0 saturated heterocycles. The highest BCUT2D eigenvalue weighted by molar-refractivity contribution is 5.84. The van der Waals surface area contributed by atoms with Crippen molar-refractivity contribution in [3.8, 4) is 11.5 Å². The third-order valence-electron chi connectivity index (χ3n) is 5.19.